The number of benzene rings is 2. The number of methoxy groups -OCH3 is 1. The summed E-state index contributed by atoms with van der Waals surface area (Å²) in [5.41, 5.74) is 5.81. The van der Waals surface area contributed by atoms with Gasteiger partial charge in [0.1, 0.15) is 17.1 Å². The van der Waals surface area contributed by atoms with Crippen molar-refractivity contribution in [2.45, 2.75) is 45.8 Å². The maximum absolute atomic E-state index is 12.2. The van der Waals surface area contributed by atoms with Crippen LogP contribution in [0.3, 0.4) is 0 Å². The quantitative estimate of drug-likeness (QED) is 0.543. The maximum atomic E-state index is 12.2. The minimum Gasteiger partial charge on any atom is -0.497 e. The van der Waals surface area contributed by atoms with Gasteiger partial charge in [-0.25, -0.2) is 0 Å². The lowest BCUT2D eigenvalue weighted by atomic mass is 9.75. The summed E-state index contributed by atoms with van der Waals surface area (Å²) in [6, 6.07) is 10.3. The molecular formula is C28H34N2O3S. The van der Waals surface area contributed by atoms with Gasteiger partial charge in [0, 0.05) is 48.7 Å². The average molecular weight is 479 g/mol. The van der Waals surface area contributed by atoms with Crippen molar-refractivity contribution in [2.24, 2.45) is 0 Å². The minimum atomic E-state index is -1.19. The van der Waals surface area contributed by atoms with E-state index in [4.69, 9.17) is 9.47 Å². The van der Waals surface area contributed by atoms with Crippen LogP contribution in [0.15, 0.2) is 41.1 Å². The topological polar surface area (TPSA) is 45.2 Å². The summed E-state index contributed by atoms with van der Waals surface area (Å²) >= 11 is 1.61. The predicted molar refractivity (Wildman–Crippen MR) is 140 cm³/mol. The van der Waals surface area contributed by atoms with E-state index in [0.29, 0.717) is 0 Å². The van der Waals surface area contributed by atoms with Crippen LogP contribution in [0.2, 0.25) is 0 Å². The van der Waals surface area contributed by atoms with E-state index in [0.717, 1.165) is 59.9 Å². The molecule has 1 N–H and O–H groups in total. The second-order valence-corrected chi connectivity index (χ2v) is 10.7. The summed E-state index contributed by atoms with van der Waals surface area (Å²) in [5, 5.41) is 16.3. The molecule has 5 rings (SSSR count). The zero-order valence-corrected chi connectivity index (χ0v) is 21.8. The van der Waals surface area contributed by atoms with Crippen LogP contribution >= 0.6 is 11.3 Å². The lowest BCUT2D eigenvalue weighted by molar-refractivity contribution is -0.0642. The summed E-state index contributed by atoms with van der Waals surface area (Å²) in [6.45, 7) is 14.2. The highest BCUT2D eigenvalue weighted by atomic mass is 32.1. The van der Waals surface area contributed by atoms with E-state index in [2.05, 4.69) is 42.7 Å². The highest BCUT2D eigenvalue weighted by Gasteiger charge is 2.57. The van der Waals surface area contributed by atoms with Crippen molar-refractivity contribution in [3.05, 3.63) is 68.9 Å². The van der Waals surface area contributed by atoms with Gasteiger partial charge in [-0.15, -0.1) is 0 Å². The summed E-state index contributed by atoms with van der Waals surface area (Å²) < 4.78 is 11.8. The van der Waals surface area contributed by atoms with E-state index in [1.54, 1.807) is 18.4 Å². The van der Waals surface area contributed by atoms with Gasteiger partial charge >= 0.3 is 0 Å². The van der Waals surface area contributed by atoms with Gasteiger partial charge in [0.05, 0.1) is 7.11 Å². The highest BCUT2D eigenvalue weighted by Crippen LogP contribution is 2.56. The van der Waals surface area contributed by atoms with Gasteiger partial charge in [0.2, 0.25) is 0 Å². The van der Waals surface area contributed by atoms with Crippen molar-refractivity contribution in [3.8, 4) is 11.5 Å². The van der Waals surface area contributed by atoms with E-state index in [-0.39, 0.29) is 0 Å². The van der Waals surface area contributed by atoms with Crippen LogP contribution < -0.4 is 19.3 Å². The van der Waals surface area contributed by atoms with Crippen LogP contribution in [0.1, 0.15) is 41.7 Å². The van der Waals surface area contributed by atoms with Crippen molar-refractivity contribution in [2.75, 3.05) is 43.1 Å². The maximum Gasteiger partial charge on any atom is 0.158 e. The van der Waals surface area contributed by atoms with Crippen LogP contribution in [0, 0.1) is 20.8 Å². The van der Waals surface area contributed by atoms with Crippen molar-refractivity contribution in [3.63, 3.8) is 0 Å². The van der Waals surface area contributed by atoms with E-state index < -0.39 is 11.2 Å². The number of nitrogens with zero attached hydrogens (tertiary/aromatic N) is 2. The fourth-order valence-corrected chi connectivity index (χ4v) is 6.42. The summed E-state index contributed by atoms with van der Waals surface area (Å²) in [7, 11) is 1.70. The predicted octanol–water partition coefficient (Wildman–Crippen LogP) is 5.42. The molecule has 1 unspecified atom stereocenters. The monoisotopic (exact) mass is 478 g/mol. The van der Waals surface area contributed by atoms with Crippen molar-refractivity contribution in [1.29, 1.82) is 0 Å². The number of ether oxygens (including phenoxy) is 2. The standard InChI is InChI=1S/C28H34N2O3S/c1-18-19(2)26-24(28(31,27(4,5)33-26)21-11-16-34-17-21)20(3)25(18)30-14-12-29(13-15-30)22-7-9-23(32-6)10-8-22/h7-11,16-17,31H,12-15H2,1-6H3. The Labute approximate surface area is 206 Å². The zero-order valence-electron chi connectivity index (χ0n) is 20.9. The Morgan fingerprint density at radius 3 is 2.15 bits per heavy atom. The number of fused-ring (bicyclic) bond motifs is 1. The van der Waals surface area contributed by atoms with Gasteiger partial charge in [-0.2, -0.15) is 11.3 Å². The van der Waals surface area contributed by atoms with Crippen LogP contribution in [-0.4, -0.2) is 44.0 Å². The first-order valence-electron chi connectivity index (χ1n) is 11.9. The third kappa shape index (κ3) is 3.30. The van der Waals surface area contributed by atoms with Gasteiger partial charge in [-0.05, 0) is 92.4 Å². The van der Waals surface area contributed by atoms with Gasteiger partial charge in [0.15, 0.2) is 5.60 Å². The fraction of sp³-hybridized carbons (Fsp3) is 0.429. The number of piperazine rings is 1. The smallest absolute Gasteiger partial charge is 0.158 e. The summed E-state index contributed by atoms with van der Waals surface area (Å²) in [6.07, 6.45) is 0. The molecule has 1 atom stereocenters. The molecule has 1 fully saturated rings. The fourth-order valence-electron chi connectivity index (χ4n) is 5.72. The van der Waals surface area contributed by atoms with Gasteiger partial charge in [-0.3, -0.25) is 0 Å². The first-order chi connectivity index (χ1) is 16.2. The minimum absolute atomic E-state index is 0.760. The molecule has 180 valence electrons. The van der Waals surface area contributed by atoms with E-state index in [9.17, 15) is 5.11 Å². The third-order valence-electron chi connectivity index (χ3n) is 7.78. The number of aliphatic hydroxyl groups is 1. The van der Waals surface area contributed by atoms with E-state index >= 15 is 0 Å². The molecule has 0 spiro atoms. The Morgan fingerprint density at radius 1 is 0.912 bits per heavy atom. The number of thiophene rings is 1. The van der Waals surface area contributed by atoms with Crippen LogP contribution in [-0.2, 0) is 5.60 Å². The summed E-state index contributed by atoms with van der Waals surface area (Å²) in [5.74, 6) is 1.72. The first kappa shape index (κ1) is 23.1. The molecule has 0 saturated carbocycles. The molecule has 0 bridgehead atoms. The Hall–Kier alpha value is -2.70. The highest BCUT2D eigenvalue weighted by molar-refractivity contribution is 7.08. The molecule has 3 aromatic rings. The van der Waals surface area contributed by atoms with Gasteiger partial charge in [-0.1, -0.05) is 0 Å². The Kier molecular flexibility index (Phi) is 5.57. The molecule has 6 heteroatoms. The molecule has 2 aliphatic rings. The largest absolute Gasteiger partial charge is 0.497 e. The molecule has 1 saturated heterocycles. The second-order valence-electron chi connectivity index (χ2n) is 9.93. The van der Waals surface area contributed by atoms with E-state index in [1.807, 2.05) is 42.8 Å². The zero-order chi connectivity index (χ0) is 24.3. The molecule has 2 aromatic carbocycles. The molecule has 2 aliphatic heterocycles. The Bertz CT molecular complexity index is 1200. The molecule has 5 nitrogen and oxygen atoms in total. The SMILES string of the molecule is COc1ccc(N2CCN(c3c(C)c(C)c4c(c3C)C(O)(c3ccsc3)C(C)(C)O4)CC2)cc1. The van der Waals surface area contributed by atoms with Gasteiger partial charge < -0.3 is 24.4 Å². The third-order valence-corrected chi connectivity index (χ3v) is 8.46. The first-order valence-corrected chi connectivity index (χ1v) is 12.9. The number of anilines is 2. The molecule has 1 aromatic heterocycles. The lowest BCUT2D eigenvalue weighted by Crippen LogP contribution is -2.48. The second kappa shape index (κ2) is 8.21. The molecule has 34 heavy (non-hydrogen) atoms. The molecule has 0 amide bonds. The van der Waals surface area contributed by atoms with Gasteiger partial charge in [0.25, 0.3) is 0 Å². The molecule has 3 heterocycles. The Balaban J connectivity index is 1.51. The van der Waals surface area contributed by atoms with E-state index in [1.165, 1.54) is 16.9 Å². The molecular weight excluding hydrogens is 444 g/mol. The Morgan fingerprint density at radius 2 is 1.56 bits per heavy atom. The number of hydrogen-bond acceptors (Lipinski definition) is 6. The van der Waals surface area contributed by atoms with Crippen molar-refractivity contribution < 1.29 is 14.6 Å². The van der Waals surface area contributed by atoms with Crippen molar-refractivity contribution in [1.82, 2.24) is 0 Å². The van der Waals surface area contributed by atoms with Crippen LogP contribution in [0.4, 0.5) is 11.4 Å². The van der Waals surface area contributed by atoms with Crippen LogP contribution in [0.25, 0.3) is 0 Å². The molecule has 0 aliphatic carbocycles. The normalized spacial score (nSPS) is 21.4. The lowest BCUT2D eigenvalue weighted by Gasteiger charge is -2.40. The number of hydrogen-bond donors (Lipinski definition) is 1. The molecule has 0 radical (unpaired) electrons. The van der Waals surface area contributed by atoms with Crippen molar-refractivity contribution >= 4 is 22.7 Å². The van der Waals surface area contributed by atoms with Crippen LogP contribution in [0.5, 0.6) is 11.5 Å². The average Bonchev–Trinajstić information content (AvgIpc) is 3.44. The number of rotatable bonds is 4. The summed E-state index contributed by atoms with van der Waals surface area (Å²) in [4.78, 5) is 4.91.